The van der Waals surface area contributed by atoms with Gasteiger partial charge in [-0.1, -0.05) is 18.2 Å². The molecule has 1 aromatic carbocycles. The Labute approximate surface area is 131 Å². The SMILES string of the molecule is O=C(Nc1ccccc1)[C@H]1CCCN1CCc1ccncc1. The van der Waals surface area contributed by atoms with E-state index < -0.39 is 0 Å². The standard InChI is InChI=1S/C18H21N3O/c22-18(20-16-5-2-1-3-6-16)17-7-4-13-21(17)14-10-15-8-11-19-12-9-15/h1-3,5-6,8-9,11-12,17H,4,7,10,13-14H2,(H,20,22)/t17-/m1/s1. The highest BCUT2D eigenvalue weighted by molar-refractivity contribution is 5.94. The second kappa shape index (κ2) is 7.18. The van der Waals surface area contributed by atoms with Crippen molar-refractivity contribution >= 4 is 11.6 Å². The highest BCUT2D eigenvalue weighted by Gasteiger charge is 2.30. The van der Waals surface area contributed by atoms with E-state index in [-0.39, 0.29) is 11.9 Å². The number of likely N-dealkylation sites (tertiary alicyclic amines) is 1. The van der Waals surface area contributed by atoms with Crippen molar-refractivity contribution in [2.24, 2.45) is 0 Å². The largest absolute Gasteiger partial charge is 0.325 e. The number of aromatic nitrogens is 1. The second-order valence-corrected chi connectivity index (χ2v) is 5.65. The third kappa shape index (κ3) is 3.71. The highest BCUT2D eigenvalue weighted by atomic mass is 16.2. The smallest absolute Gasteiger partial charge is 0.241 e. The predicted molar refractivity (Wildman–Crippen MR) is 87.6 cm³/mol. The van der Waals surface area contributed by atoms with Gasteiger partial charge in [0, 0.05) is 24.6 Å². The Bertz CT molecular complexity index is 600. The van der Waals surface area contributed by atoms with E-state index in [1.807, 2.05) is 54.9 Å². The summed E-state index contributed by atoms with van der Waals surface area (Å²) in [7, 11) is 0. The van der Waals surface area contributed by atoms with Gasteiger partial charge in [0.15, 0.2) is 0 Å². The van der Waals surface area contributed by atoms with E-state index in [0.717, 1.165) is 38.0 Å². The fourth-order valence-electron chi connectivity index (χ4n) is 2.96. The van der Waals surface area contributed by atoms with Gasteiger partial charge in [-0.2, -0.15) is 0 Å². The quantitative estimate of drug-likeness (QED) is 0.922. The van der Waals surface area contributed by atoms with Crippen LogP contribution < -0.4 is 5.32 Å². The maximum Gasteiger partial charge on any atom is 0.241 e. The first-order valence-corrected chi connectivity index (χ1v) is 7.82. The summed E-state index contributed by atoms with van der Waals surface area (Å²) in [5, 5.41) is 3.02. The van der Waals surface area contributed by atoms with Crippen molar-refractivity contribution in [1.82, 2.24) is 9.88 Å². The summed E-state index contributed by atoms with van der Waals surface area (Å²) in [5.74, 6) is 0.110. The predicted octanol–water partition coefficient (Wildman–Crippen LogP) is 2.73. The van der Waals surface area contributed by atoms with Gasteiger partial charge in [-0.15, -0.1) is 0 Å². The number of nitrogens with zero attached hydrogens (tertiary/aromatic N) is 2. The van der Waals surface area contributed by atoms with Gasteiger partial charge < -0.3 is 5.32 Å². The van der Waals surface area contributed by atoms with Crippen LogP contribution in [0.5, 0.6) is 0 Å². The number of carbonyl (C=O) groups excluding carboxylic acids is 1. The minimum Gasteiger partial charge on any atom is -0.325 e. The number of hydrogen-bond acceptors (Lipinski definition) is 3. The van der Waals surface area contributed by atoms with E-state index >= 15 is 0 Å². The Morgan fingerprint density at radius 1 is 1.18 bits per heavy atom. The van der Waals surface area contributed by atoms with Crippen LogP contribution >= 0.6 is 0 Å². The lowest BCUT2D eigenvalue weighted by atomic mass is 10.1. The number of carbonyl (C=O) groups is 1. The van der Waals surface area contributed by atoms with Crippen molar-refractivity contribution in [3.05, 3.63) is 60.4 Å². The summed E-state index contributed by atoms with van der Waals surface area (Å²) in [6, 6.07) is 13.7. The molecule has 22 heavy (non-hydrogen) atoms. The van der Waals surface area contributed by atoms with Gasteiger partial charge in [-0.25, -0.2) is 0 Å². The fourth-order valence-corrected chi connectivity index (χ4v) is 2.96. The van der Waals surface area contributed by atoms with E-state index in [1.54, 1.807) is 0 Å². The molecule has 114 valence electrons. The van der Waals surface area contributed by atoms with Gasteiger partial charge in [-0.05, 0) is 55.6 Å². The third-order valence-electron chi connectivity index (χ3n) is 4.14. The van der Waals surface area contributed by atoms with Gasteiger partial charge in [0.05, 0.1) is 6.04 Å². The van der Waals surface area contributed by atoms with Crippen LogP contribution in [0, 0.1) is 0 Å². The molecule has 0 radical (unpaired) electrons. The summed E-state index contributed by atoms with van der Waals surface area (Å²) in [5.41, 5.74) is 2.14. The molecule has 0 bridgehead atoms. The van der Waals surface area contributed by atoms with E-state index in [0.29, 0.717) is 0 Å². The van der Waals surface area contributed by atoms with Crippen molar-refractivity contribution in [2.45, 2.75) is 25.3 Å². The molecule has 1 amide bonds. The third-order valence-corrected chi connectivity index (χ3v) is 4.14. The van der Waals surface area contributed by atoms with Gasteiger partial charge >= 0.3 is 0 Å². The summed E-state index contributed by atoms with van der Waals surface area (Å²) < 4.78 is 0. The highest BCUT2D eigenvalue weighted by Crippen LogP contribution is 2.19. The Morgan fingerprint density at radius 2 is 1.95 bits per heavy atom. The van der Waals surface area contributed by atoms with Crippen molar-refractivity contribution in [3.63, 3.8) is 0 Å². The van der Waals surface area contributed by atoms with Crippen LogP contribution in [0.3, 0.4) is 0 Å². The Balaban J connectivity index is 1.57. The second-order valence-electron chi connectivity index (χ2n) is 5.65. The van der Waals surface area contributed by atoms with Crippen LogP contribution in [0.25, 0.3) is 0 Å². The molecule has 4 nitrogen and oxygen atoms in total. The molecule has 2 heterocycles. The molecule has 1 aromatic heterocycles. The summed E-state index contributed by atoms with van der Waals surface area (Å²) in [6.07, 6.45) is 6.62. The Kier molecular flexibility index (Phi) is 4.81. The minimum atomic E-state index is -0.0120. The van der Waals surface area contributed by atoms with Gasteiger partial charge in [-0.3, -0.25) is 14.7 Å². The fraction of sp³-hybridized carbons (Fsp3) is 0.333. The van der Waals surface area contributed by atoms with E-state index in [4.69, 9.17) is 0 Å². The molecule has 2 aromatic rings. The number of hydrogen-bond donors (Lipinski definition) is 1. The molecule has 1 atom stereocenters. The van der Waals surface area contributed by atoms with Gasteiger partial charge in [0.1, 0.15) is 0 Å². The lowest BCUT2D eigenvalue weighted by molar-refractivity contribution is -0.120. The maximum absolute atomic E-state index is 12.5. The number of amides is 1. The normalized spacial score (nSPS) is 18.3. The molecular weight excluding hydrogens is 274 g/mol. The minimum absolute atomic E-state index is 0.0120. The first-order valence-electron chi connectivity index (χ1n) is 7.82. The molecule has 1 aliphatic heterocycles. The van der Waals surface area contributed by atoms with Crippen LogP contribution in [0.15, 0.2) is 54.9 Å². The van der Waals surface area contributed by atoms with Crippen molar-refractivity contribution in [3.8, 4) is 0 Å². The van der Waals surface area contributed by atoms with Crippen molar-refractivity contribution in [1.29, 1.82) is 0 Å². The van der Waals surface area contributed by atoms with Crippen LogP contribution in [-0.2, 0) is 11.2 Å². The van der Waals surface area contributed by atoms with Crippen LogP contribution in [0.1, 0.15) is 18.4 Å². The molecule has 0 saturated carbocycles. The number of pyridine rings is 1. The molecule has 4 heteroatoms. The maximum atomic E-state index is 12.5. The molecule has 0 unspecified atom stereocenters. The Hall–Kier alpha value is -2.20. The number of benzene rings is 1. The average molecular weight is 295 g/mol. The molecule has 1 fully saturated rings. The molecule has 3 rings (SSSR count). The van der Waals surface area contributed by atoms with E-state index in [1.165, 1.54) is 5.56 Å². The summed E-state index contributed by atoms with van der Waals surface area (Å²) in [6.45, 7) is 1.91. The molecule has 1 N–H and O–H groups in total. The zero-order valence-electron chi connectivity index (χ0n) is 12.6. The first kappa shape index (κ1) is 14.7. The molecule has 0 aliphatic carbocycles. The van der Waals surface area contributed by atoms with Crippen LogP contribution in [-0.4, -0.2) is 34.9 Å². The van der Waals surface area contributed by atoms with E-state index in [2.05, 4.69) is 15.2 Å². The molecule has 1 aliphatic rings. The zero-order chi connectivity index (χ0) is 15.2. The molecule has 0 spiro atoms. The average Bonchev–Trinajstić information content (AvgIpc) is 3.03. The van der Waals surface area contributed by atoms with Crippen molar-refractivity contribution < 1.29 is 4.79 Å². The lowest BCUT2D eigenvalue weighted by Gasteiger charge is -2.23. The molecule has 1 saturated heterocycles. The number of nitrogens with one attached hydrogen (secondary N) is 1. The van der Waals surface area contributed by atoms with Crippen LogP contribution in [0.2, 0.25) is 0 Å². The van der Waals surface area contributed by atoms with Gasteiger partial charge in [0.25, 0.3) is 0 Å². The monoisotopic (exact) mass is 295 g/mol. The zero-order valence-corrected chi connectivity index (χ0v) is 12.6. The molecular formula is C18H21N3O. The Morgan fingerprint density at radius 3 is 2.73 bits per heavy atom. The topological polar surface area (TPSA) is 45.2 Å². The lowest BCUT2D eigenvalue weighted by Crippen LogP contribution is -2.40. The first-order chi connectivity index (χ1) is 10.8. The van der Waals surface area contributed by atoms with E-state index in [9.17, 15) is 4.79 Å². The summed E-state index contributed by atoms with van der Waals surface area (Å²) in [4.78, 5) is 18.8. The van der Waals surface area contributed by atoms with Gasteiger partial charge in [0.2, 0.25) is 5.91 Å². The number of para-hydroxylation sites is 1. The number of anilines is 1. The van der Waals surface area contributed by atoms with Crippen LogP contribution in [0.4, 0.5) is 5.69 Å². The number of rotatable bonds is 5. The summed E-state index contributed by atoms with van der Waals surface area (Å²) >= 11 is 0. The van der Waals surface area contributed by atoms with Crippen molar-refractivity contribution in [2.75, 3.05) is 18.4 Å².